The number of hydrogen-bond acceptors (Lipinski definition) is 4. The van der Waals surface area contributed by atoms with E-state index in [9.17, 15) is 19.5 Å². The maximum Gasteiger partial charge on any atom is 0.337 e. The van der Waals surface area contributed by atoms with Crippen molar-refractivity contribution in [3.63, 3.8) is 0 Å². The van der Waals surface area contributed by atoms with Crippen LogP contribution < -0.4 is 16.4 Å². The first-order chi connectivity index (χ1) is 9.60. The summed E-state index contributed by atoms with van der Waals surface area (Å²) in [4.78, 5) is 33.8. The van der Waals surface area contributed by atoms with Gasteiger partial charge in [-0.15, -0.1) is 0 Å². The number of phenolic OH excluding ortho intramolecular Hbond substituents is 1. The van der Waals surface area contributed by atoms with Crippen molar-refractivity contribution in [3.8, 4) is 5.75 Å². The Hall–Kier alpha value is -2.77. The molecule has 0 aliphatic carbocycles. The molecule has 1 aromatic carbocycles. The van der Waals surface area contributed by atoms with Gasteiger partial charge in [-0.3, -0.25) is 4.79 Å². The summed E-state index contributed by atoms with van der Waals surface area (Å²) in [7, 11) is 0. The minimum Gasteiger partial charge on any atom is -0.508 e. The highest BCUT2D eigenvalue weighted by molar-refractivity contribution is 6.00. The number of anilines is 1. The molecule has 0 atom stereocenters. The number of carbonyl (C=O) groups excluding carboxylic acids is 2. The molecule has 0 radical (unpaired) electrons. The third-order valence-electron chi connectivity index (χ3n) is 2.55. The molecule has 3 amide bonds. The lowest BCUT2D eigenvalue weighted by molar-refractivity contribution is -0.119. The topological polar surface area (TPSA) is 142 Å². The molecular formula is C13H17N3O5. The minimum atomic E-state index is -1.29. The number of hydrogen-bond donors (Lipinski definition) is 5. The zero-order valence-corrected chi connectivity index (χ0v) is 11.6. The Kier molecular flexibility index (Phi) is 4.75. The maximum atomic E-state index is 11.8. The van der Waals surface area contributed by atoms with Crippen molar-refractivity contribution in [2.45, 2.75) is 25.8 Å². The molecule has 114 valence electrons. The number of aromatic carboxylic acids is 1. The predicted molar refractivity (Wildman–Crippen MR) is 75.1 cm³/mol. The number of nitrogens with two attached hydrogens (primary N) is 1. The maximum absolute atomic E-state index is 11.8. The van der Waals surface area contributed by atoms with E-state index in [1.807, 2.05) is 0 Å². The Bertz CT molecular complexity index is 583. The Morgan fingerprint density at radius 2 is 1.90 bits per heavy atom. The van der Waals surface area contributed by atoms with Gasteiger partial charge >= 0.3 is 12.0 Å². The van der Waals surface area contributed by atoms with Crippen LogP contribution in [0.3, 0.4) is 0 Å². The zero-order valence-electron chi connectivity index (χ0n) is 11.6. The lowest BCUT2D eigenvalue weighted by Gasteiger charge is -2.25. The summed E-state index contributed by atoms with van der Waals surface area (Å²) >= 11 is 0. The normalized spacial score (nSPS) is 10.8. The van der Waals surface area contributed by atoms with Crippen LogP contribution in [0.5, 0.6) is 5.75 Å². The van der Waals surface area contributed by atoms with Gasteiger partial charge in [0, 0.05) is 12.0 Å². The highest BCUT2D eigenvalue weighted by Crippen LogP contribution is 2.21. The molecule has 0 heterocycles. The summed E-state index contributed by atoms with van der Waals surface area (Å²) in [6, 6.07) is 2.84. The third kappa shape index (κ3) is 5.01. The van der Waals surface area contributed by atoms with E-state index in [-0.39, 0.29) is 23.4 Å². The lowest BCUT2D eigenvalue weighted by Crippen LogP contribution is -2.47. The molecule has 6 N–H and O–H groups in total. The SMILES string of the molecule is CC(C)(CC(N)=O)NC(=O)Nc1ccc(O)cc1C(=O)O. The average Bonchev–Trinajstić information content (AvgIpc) is 2.28. The highest BCUT2D eigenvalue weighted by atomic mass is 16.4. The van der Waals surface area contributed by atoms with Crippen molar-refractivity contribution in [2.75, 3.05) is 5.32 Å². The van der Waals surface area contributed by atoms with Crippen molar-refractivity contribution in [3.05, 3.63) is 23.8 Å². The number of amides is 3. The molecule has 1 rings (SSSR count). The van der Waals surface area contributed by atoms with Gasteiger partial charge in [-0.25, -0.2) is 9.59 Å². The van der Waals surface area contributed by atoms with Crippen LogP contribution in [0.25, 0.3) is 0 Å². The second kappa shape index (κ2) is 6.12. The van der Waals surface area contributed by atoms with Crippen molar-refractivity contribution >= 4 is 23.6 Å². The second-order valence-electron chi connectivity index (χ2n) is 5.14. The number of benzene rings is 1. The monoisotopic (exact) mass is 295 g/mol. The van der Waals surface area contributed by atoms with E-state index in [1.54, 1.807) is 13.8 Å². The number of carbonyl (C=O) groups is 3. The summed E-state index contributed by atoms with van der Waals surface area (Å²) < 4.78 is 0. The summed E-state index contributed by atoms with van der Waals surface area (Å²) in [5, 5.41) is 23.1. The zero-order chi connectivity index (χ0) is 16.2. The fourth-order valence-electron chi connectivity index (χ4n) is 1.76. The molecule has 0 saturated carbocycles. The van der Waals surface area contributed by atoms with Gasteiger partial charge in [-0.05, 0) is 32.0 Å². The number of phenols is 1. The summed E-state index contributed by atoms with van der Waals surface area (Å²) in [5.74, 6) is -2.10. The van der Waals surface area contributed by atoms with Gasteiger partial charge in [0.1, 0.15) is 5.75 Å². The molecule has 0 bridgehead atoms. The standard InChI is InChI=1S/C13H17N3O5/c1-13(2,6-10(14)18)16-12(21)15-9-4-3-7(17)5-8(9)11(19)20/h3-5,17H,6H2,1-2H3,(H2,14,18)(H,19,20)(H2,15,16,21). The van der Waals surface area contributed by atoms with Gasteiger partial charge in [0.2, 0.25) is 5.91 Å². The molecule has 0 saturated heterocycles. The number of primary amides is 1. The molecule has 0 spiro atoms. The minimum absolute atomic E-state index is 0.0210. The Morgan fingerprint density at radius 3 is 2.43 bits per heavy atom. The van der Waals surface area contributed by atoms with Crippen LogP contribution in [0.15, 0.2) is 18.2 Å². The number of aromatic hydroxyl groups is 1. The first-order valence-electron chi connectivity index (χ1n) is 6.04. The lowest BCUT2D eigenvalue weighted by atomic mass is 10.0. The predicted octanol–water partition coefficient (Wildman–Crippen LogP) is 0.866. The molecule has 0 fully saturated rings. The van der Waals surface area contributed by atoms with E-state index >= 15 is 0 Å². The summed E-state index contributed by atoms with van der Waals surface area (Å²) in [5.41, 5.74) is 3.96. The Labute approximate surface area is 120 Å². The molecule has 0 aliphatic heterocycles. The molecule has 8 nitrogen and oxygen atoms in total. The van der Waals surface area contributed by atoms with Gasteiger partial charge in [0.25, 0.3) is 0 Å². The molecule has 21 heavy (non-hydrogen) atoms. The van der Waals surface area contributed by atoms with Gasteiger partial charge in [0.05, 0.1) is 11.3 Å². The van der Waals surface area contributed by atoms with Crippen molar-refractivity contribution in [1.29, 1.82) is 0 Å². The highest BCUT2D eigenvalue weighted by Gasteiger charge is 2.23. The van der Waals surface area contributed by atoms with Gasteiger partial charge in [-0.1, -0.05) is 0 Å². The van der Waals surface area contributed by atoms with Crippen molar-refractivity contribution in [2.24, 2.45) is 5.73 Å². The van der Waals surface area contributed by atoms with E-state index in [1.165, 1.54) is 12.1 Å². The van der Waals surface area contributed by atoms with Gasteiger partial charge in [-0.2, -0.15) is 0 Å². The molecule has 1 aromatic rings. The number of rotatable bonds is 5. The van der Waals surface area contributed by atoms with Crippen LogP contribution in [-0.2, 0) is 4.79 Å². The number of nitrogens with one attached hydrogen (secondary N) is 2. The average molecular weight is 295 g/mol. The summed E-state index contributed by atoms with van der Waals surface area (Å²) in [6.45, 7) is 3.21. The quantitative estimate of drug-likeness (QED) is 0.512. The van der Waals surface area contributed by atoms with E-state index in [0.29, 0.717) is 0 Å². The van der Waals surface area contributed by atoms with Crippen LogP contribution in [0.2, 0.25) is 0 Å². The van der Waals surface area contributed by atoms with Crippen LogP contribution in [0.1, 0.15) is 30.6 Å². The Morgan fingerprint density at radius 1 is 1.29 bits per heavy atom. The van der Waals surface area contributed by atoms with Crippen molar-refractivity contribution in [1.82, 2.24) is 5.32 Å². The fourth-order valence-corrected chi connectivity index (χ4v) is 1.76. The molecular weight excluding hydrogens is 278 g/mol. The molecule has 8 heteroatoms. The van der Waals surface area contributed by atoms with Crippen molar-refractivity contribution < 1.29 is 24.6 Å². The smallest absolute Gasteiger partial charge is 0.337 e. The van der Waals surface area contributed by atoms with Gasteiger partial charge in [0.15, 0.2) is 0 Å². The number of urea groups is 1. The van der Waals surface area contributed by atoms with E-state index in [2.05, 4.69) is 10.6 Å². The van der Waals surface area contributed by atoms with Crippen LogP contribution >= 0.6 is 0 Å². The van der Waals surface area contributed by atoms with E-state index < -0.39 is 23.4 Å². The largest absolute Gasteiger partial charge is 0.508 e. The molecule has 0 aliphatic rings. The number of carboxylic acid groups (broad SMARTS) is 1. The Balaban J connectivity index is 2.84. The van der Waals surface area contributed by atoms with Crippen LogP contribution in [-0.4, -0.2) is 33.7 Å². The first-order valence-corrected chi connectivity index (χ1v) is 6.04. The second-order valence-corrected chi connectivity index (χ2v) is 5.14. The van der Waals surface area contributed by atoms with Gasteiger partial charge < -0.3 is 26.6 Å². The fraction of sp³-hybridized carbons (Fsp3) is 0.308. The third-order valence-corrected chi connectivity index (χ3v) is 2.55. The van der Waals surface area contributed by atoms with E-state index in [4.69, 9.17) is 10.8 Å². The molecule has 0 aromatic heterocycles. The first kappa shape index (κ1) is 16.3. The summed E-state index contributed by atoms with van der Waals surface area (Å²) in [6.07, 6.45) is -0.0677. The molecule has 0 unspecified atom stereocenters. The van der Waals surface area contributed by atoms with Crippen LogP contribution in [0.4, 0.5) is 10.5 Å². The van der Waals surface area contributed by atoms with E-state index in [0.717, 1.165) is 6.07 Å². The number of carboxylic acids is 1. The van der Waals surface area contributed by atoms with Crippen LogP contribution in [0, 0.1) is 0 Å².